The number of nitrogens with one attached hydrogen (secondary N) is 1. The van der Waals surface area contributed by atoms with Crippen molar-refractivity contribution in [2.75, 3.05) is 25.0 Å². The van der Waals surface area contributed by atoms with E-state index in [9.17, 15) is 0 Å². The molecule has 1 unspecified atom stereocenters. The Kier molecular flexibility index (Phi) is 3.06. The zero-order valence-electron chi connectivity index (χ0n) is 10.5. The van der Waals surface area contributed by atoms with Gasteiger partial charge in [0, 0.05) is 19.1 Å². The molecule has 2 aromatic heterocycles. The maximum atomic E-state index is 4.23. The van der Waals surface area contributed by atoms with Crippen molar-refractivity contribution in [3.05, 3.63) is 12.4 Å². The SMILES string of the molecule is CNCC1CCCCN1c1cncc2nnnn12. The van der Waals surface area contributed by atoms with Crippen LogP contribution in [0.15, 0.2) is 12.4 Å². The van der Waals surface area contributed by atoms with E-state index in [0.29, 0.717) is 11.7 Å². The fourth-order valence-electron chi connectivity index (χ4n) is 2.61. The van der Waals surface area contributed by atoms with Gasteiger partial charge in [-0.15, -0.1) is 5.10 Å². The molecule has 1 N–H and O–H groups in total. The summed E-state index contributed by atoms with van der Waals surface area (Å²) in [6, 6.07) is 0.486. The number of hydrogen-bond donors (Lipinski definition) is 1. The van der Waals surface area contributed by atoms with Crippen LogP contribution in [-0.4, -0.2) is 51.2 Å². The summed E-state index contributed by atoms with van der Waals surface area (Å²) < 4.78 is 1.76. The lowest BCUT2D eigenvalue weighted by atomic mass is 10.0. The van der Waals surface area contributed by atoms with Crippen molar-refractivity contribution in [3.63, 3.8) is 0 Å². The van der Waals surface area contributed by atoms with E-state index in [1.807, 2.05) is 13.2 Å². The molecule has 1 saturated heterocycles. The van der Waals surface area contributed by atoms with E-state index in [2.05, 4.69) is 30.7 Å². The molecule has 3 heterocycles. The lowest BCUT2D eigenvalue weighted by Crippen LogP contribution is -2.45. The van der Waals surface area contributed by atoms with Crippen molar-refractivity contribution in [1.82, 2.24) is 30.3 Å². The van der Waals surface area contributed by atoms with Crippen LogP contribution >= 0.6 is 0 Å². The van der Waals surface area contributed by atoms with Crippen molar-refractivity contribution < 1.29 is 0 Å². The van der Waals surface area contributed by atoms with E-state index in [0.717, 1.165) is 18.9 Å². The number of likely N-dealkylation sites (N-methyl/N-ethyl adjacent to an activating group) is 1. The Morgan fingerprint density at radius 2 is 2.33 bits per heavy atom. The molecule has 0 saturated carbocycles. The van der Waals surface area contributed by atoms with Gasteiger partial charge in [-0.05, 0) is 36.7 Å². The second-order valence-corrected chi connectivity index (χ2v) is 4.62. The zero-order chi connectivity index (χ0) is 12.4. The molecule has 96 valence electrons. The molecule has 0 radical (unpaired) electrons. The van der Waals surface area contributed by atoms with Crippen molar-refractivity contribution in [3.8, 4) is 0 Å². The maximum Gasteiger partial charge on any atom is 0.199 e. The molecule has 2 aromatic rings. The largest absolute Gasteiger partial charge is 0.351 e. The van der Waals surface area contributed by atoms with Gasteiger partial charge in [-0.1, -0.05) is 0 Å². The molecule has 1 aliphatic rings. The highest BCUT2D eigenvalue weighted by Gasteiger charge is 2.24. The second kappa shape index (κ2) is 4.85. The van der Waals surface area contributed by atoms with E-state index in [-0.39, 0.29) is 0 Å². The second-order valence-electron chi connectivity index (χ2n) is 4.62. The summed E-state index contributed by atoms with van der Waals surface area (Å²) in [5.41, 5.74) is 0.696. The number of fused-ring (bicyclic) bond motifs is 1. The highest BCUT2D eigenvalue weighted by molar-refractivity contribution is 5.47. The first-order chi connectivity index (χ1) is 8.90. The van der Waals surface area contributed by atoms with Gasteiger partial charge >= 0.3 is 0 Å². The number of hydrogen-bond acceptors (Lipinski definition) is 6. The van der Waals surface area contributed by atoms with Crippen molar-refractivity contribution in [1.29, 1.82) is 0 Å². The number of piperidine rings is 1. The Hall–Kier alpha value is -1.76. The Bertz CT molecular complexity index is 521. The van der Waals surface area contributed by atoms with Crippen molar-refractivity contribution in [2.24, 2.45) is 0 Å². The van der Waals surface area contributed by atoms with Crippen LogP contribution in [0, 0.1) is 0 Å². The standard InChI is InChI=1S/C11H17N7/c1-12-6-9-4-2-3-5-17(9)11-8-13-7-10-14-15-16-18(10)11/h7-9,12H,2-6H2,1H3. The predicted octanol–water partition coefficient (Wildman–Crippen LogP) is 0.0976. The van der Waals surface area contributed by atoms with Gasteiger partial charge in [-0.2, -0.15) is 4.52 Å². The van der Waals surface area contributed by atoms with E-state index < -0.39 is 0 Å². The average Bonchev–Trinajstić information content (AvgIpc) is 2.88. The molecule has 18 heavy (non-hydrogen) atoms. The number of anilines is 1. The smallest absolute Gasteiger partial charge is 0.199 e. The molecule has 1 atom stereocenters. The quantitative estimate of drug-likeness (QED) is 0.829. The molecule has 0 amide bonds. The normalized spacial score (nSPS) is 20.5. The summed E-state index contributed by atoms with van der Waals surface area (Å²) in [6.07, 6.45) is 7.21. The first-order valence-corrected chi connectivity index (χ1v) is 6.33. The Labute approximate surface area is 105 Å². The van der Waals surface area contributed by atoms with Crippen LogP contribution in [0.5, 0.6) is 0 Å². The summed E-state index contributed by atoms with van der Waals surface area (Å²) in [7, 11) is 1.99. The Balaban J connectivity index is 1.98. The third-order valence-electron chi connectivity index (χ3n) is 3.45. The van der Waals surface area contributed by atoms with Gasteiger partial charge in [0.05, 0.1) is 12.4 Å². The summed E-state index contributed by atoms with van der Waals surface area (Å²) in [5.74, 6) is 0.984. The molecular weight excluding hydrogens is 230 g/mol. The van der Waals surface area contributed by atoms with Crippen LogP contribution in [0.1, 0.15) is 19.3 Å². The Morgan fingerprint density at radius 3 is 3.22 bits per heavy atom. The molecule has 3 rings (SSSR count). The van der Waals surface area contributed by atoms with Crippen LogP contribution in [0.3, 0.4) is 0 Å². The van der Waals surface area contributed by atoms with E-state index in [1.165, 1.54) is 19.3 Å². The van der Waals surface area contributed by atoms with Gasteiger partial charge in [0.1, 0.15) is 0 Å². The van der Waals surface area contributed by atoms with Gasteiger partial charge in [-0.3, -0.25) is 4.98 Å². The van der Waals surface area contributed by atoms with Crippen molar-refractivity contribution >= 4 is 11.5 Å². The third-order valence-corrected chi connectivity index (χ3v) is 3.45. The predicted molar refractivity (Wildman–Crippen MR) is 67.5 cm³/mol. The van der Waals surface area contributed by atoms with E-state index in [1.54, 1.807) is 10.7 Å². The molecule has 0 bridgehead atoms. The molecule has 0 aromatic carbocycles. The first-order valence-electron chi connectivity index (χ1n) is 6.33. The zero-order valence-corrected chi connectivity index (χ0v) is 10.5. The topological polar surface area (TPSA) is 71.2 Å². The first kappa shape index (κ1) is 11.3. The molecular formula is C11H17N7. The minimum Gasteiger partial charge on any atom is -0.351 e. The van der Waals surface area contributed by atoms with Crippen LogP contribution in [0.2, 0.25) is 0 Å². The summed E-state index contributed by atoms with van der Waals surface area (Å²) >= 11 is 0. The molecule has 7 nitrogen and oxygen atoms in total. The maximum absolute atomic E-state index is 4.23. The number of rotatable bonds is 3. The Morgan fingerprint density at radius 1 is 1.39 bits per heavy atom. The molecule has 1 aliphatic heterocycles. The number of aromatic nitrogens is 5. The third kappa shape index (κ3) is 1.90. The average molecular weight is 247 g/mol. The lowest BCUT2D eigenvalue weighted by molar-refractivity contribution is 0.440. The number of tetrazole rings is 1. The van der Waals surface area contributed by atoms with Gasteiger partial charge in [0.2, 0.25) is 0 Å². The van der Waals surface area contributed by atoms with Gasteiger partial charge in [0.15, 0.2) is 11.5 Å². The van der Waals surface area contributed by atoms with Crippen LogP contribution in [0.4, 0.5) is 5.82 Å². The van der Waals surface area contributed by atoms with Crippen LogP contribution in [-0.2, 0) is 0 Å². The molecule has 0 spiro atoms. The van der Waals surface area contributed by atoms with Gasteiger partial charge in [-0.25, -0.2) is 0 Å². The molecule has 1 fully saturated rings. The highest BCUT2D eigenvalue weighted by Crippen LogP contribution is 2.23. The fraction of sp³-hybridized carbons (Fsp3) is 0.636. The monoisotopic (exact) mass is 247 g/mol. The van der Waals surface area contributed by atoms with Crippen molar-refractivity contribution in [2.45, 2.75) is 25.3 Å². The minimum atomic E-state index is 0.486. The summed E-state index contributed by atoms with van der Waals surface area (Å²) in [5, 5.41) is 14.9. The van der Waals surface area contributed by atoms with E-state index >= 15 is 0 Å². The fourth-order valence-corrected chi connectivity index (χ4v) is 2.61. The highest BCUT2D eigenvalue weighted by atomic mass is 15.5. The van der Waals surface area contributed by atoms with Crippen LogP contribution in [0.25, 0.3) is 5.65 Å². The van der Waals surface area contributed by atoms with Crippen LogP contribution < -0.4 is 10.2 Å². The lowest BCUT2D eigenvalue weighted by Gasteiger charge is -2.36. The summed E-state index contributed by atoms with van der Waals surface area (Å²) in [4.78, 5) is 6.59. The number of nitrogens with zero attached hydrogens (tertiary/aromatic N) is 6. The van der Waals surface area contributed by atoms with E-state index in [4.69, 9.17) is 0 Å². The summed E-state index contributed by atoms with van der Waals surface area (Å²) in [6.45, 7) is 2.01. The van der Waals surface area contributed by atoms with Gasteiger partial charge < -0.3 is 10.2 Å². The molecule has 0 aliphatic carbocycles. The molecule has 7 heteroatoms. The minimum absolute atomic E-state index is 0.486. The van der Waals surface area contributed by atoms with Gasteiger partial charge in [0.25, 0.3) is 0 Å².